The van der Waals surface area contributed by atoms with E-state index in [0.29, 0.717) is 0 Å². The van der Waals surface area contributed by atoms with Gasteiger partial charge in [-0.1, -0.05) is 12.2 Å². The van der Waals surface area contributed by atoms with E-state index in [9.17, 15) is 0 Å². The fraction of sp³-hybridized carbons (Fsp3) is 1.00. The van der Waals surface area contributed by atoms with Crippen molar-refractivity contribution in [1.29, 1.82) is 0 Å². The van der Waals surface area contributed by atoms with Crippen LogP contribution in [0.5, 0.6) is 0 Å². The molecule has 0 spiro atoms. The number of hydrogen-bond donors (Lipinski definition) is 2. The lowest BCUT2D eigenvalue weighted by atomic mass is 10.3. The zero-order chi connectivity index (χ0) is 5.86. The Morgan fingerprint density at radius 1 is 1.57 bits per heavy atom. The molecule has 0 aliphatic heterocycles. The summed E-state index contributed by atoms with van der Waals surface area (Å²) in [5.74, 6) is 0. The summed E-state index contributed by atoms with van der Waals surface area (Å²) < 4.78 is 0. The van der Waals surface area contributed by atoms with Crippen LogP contribution in [0.4, 0.5) is 0 Å². The second-order valence-electron chi connectivity index (χ2n) is 1.58. The SMILES string of the molecule is CCC(C)N(O)O. The van der Waals surface area contributed by atoms with Gasteiger partial charge in [-0.05, 0) is 13.3 Å². The molecule has 0 bridgehead atoms. The van der Waals surface area contributed by atoms with E-state index < -0.39 is 0 Å². The Hall–Kier alpha value is -0.120. The van der Waals surface area contributed by atoms with E-state index in [1.54, 1.807) is 6.92 Å². The van der Waals surface area contributed by atoms with E-state index in [4.69, 9.17) is 10.4 Å². The molecule has 0 radical (unpaired) electrons. The first kappa shape index (κ1) is 6.88. The van der Waals surface area contributed by atoms with Gasteiger partial charge in [0, 0.05) is 0 Å². The first-order chi connectivity index (χ1) is 3.18. The first-order valence-electron chi connectivity index (χ1n) is 2.35. The van der Waals surface area contributed by atoms with Crippen molar-refractivity contribution < 1.29 is 10.4 Å². The van der Waals surface area contributed by atoms with Gasteiger partial charge >= 0.3 is 0 Å². The van der Waals surface area contributed by atoms with E-state index in [2.05, 4.69) is 0 Å². The van der Waals surface area contributed by atoms with Gasteiger partial charge in [0.15, 0.2) is 0 Å². The van der Waals surface area contributed by atoms with Gasteiger partial charge in [0.2, 0.25) is 0 Å². The molecule has 0 aliphatic rings. The highest BCUT2D eigenvalue weighted by atomic mass is 16.8. The normalized spacial score (nSPS) is 15.0. The molecule has 44 valence electrons. The maximum absolute atomic E-state index is 8.21. The molecule has 0 saturated carbocycles. The molecule has 1 unspecified atom stereocenters. The average molecular weight is 105 g/mol. The van der Waals surface area contributed by atoms with Crippen LogP contribution >= 0.6 is 0 Å². The second kappa shape index (κ2) is 2.96. The monoisotopic (exact) mass is 105 g/mol. The van der Waals surface area contributed by atoms with Gasteiger partial charge in [0.1, 0.15) is 0 Å². The lowest BCUT2D eigenvalue weighted by Gasteiger charge is -2.11. The van der Waals surface area contributed by atoms with Crippen LogP contribution < -0.4 is 0 Å². The molecule has 0 aromatic rings. The third-order valence-corrected chi connectivity index (χ3v) is 0.985. The minimum atomic E-state index is -0.153. The molecule has 2 N–H and O–H groups in total. The van der Waals surface area contributed by atoms with Crippen molar-refractivity contribution in [2.24, 2.45) is 0 Å². The number of nitrogens with zero attached hydrogens (tertiary/aromatic N) is 1. The summed E-state index contributed by atoms with van der Waals surface area (Å²) in [5.41, 5.74) is 0. The maximum atomic E-state index is 8.21. The van der Waals surface area contributed by atoms with Crippen molar-refractivity contribution >= 4 is 0 Å². The molecule has 0 rings (SSSR count). The molecular weight excluding hydrogens is 94.0 g/mol. The molecule has 7 heavy (non-hydrogen) atoms. The zero-order valence-corrected chi connectivity index (χ0v) is 4.63. The van der Waals surface area contributed by atoms with Crippen molar-refractivity contribution in [3.05, 3.63) is 0 Å². The highest BCUT2D eigenvalue weighted by Gasteiger charge is 2.01. The first-order valence-corrected chi connectivity index (χ1v) is 2.35. The molecule has 0 amide bonds. The fourth-order valence-corrected chi connectivity index (χ4v) is 0.163. The predicted molar refractivity (Wildman–Crippen MR) is 25.2 cm³/mol. The second-order valence-corrected chi connectivity index (χ2v) is 1.58. The quantitative estimate of drug-likeness (QED) is 0.512. The van der Waals surface area contributed by atoms with Crippen LogP contribution in [0.2, 0.25) is 0 Å². The van der Waals surface area contributed by atoms with Crippen LogP contribution in [0.1, 0.15) is 20.3 Å². The fourth-order valence-electron chi connectivity index (χ4n) is 0.163. The van der Waals surface area contributed by atoms with Crippen molar-refractivity contribution in [3.8, 4) is 0 Å². The predicted octanol–water partition coefficient (Wildman–Crippen LogP) is 0.865. The van der Waals surface area contributed by atoms with Gasteiger partial charge in [-0.2, -0.15) is 0 Å². The zero-order valence-electron chi connectivity index (χ0n) is 4.63. The van der Waals surface area contributed by atoms with Crippen LogP contribution in [0.3, 0.4) is 0 Å². The molecule has 0 aliphatic carbocycles. The Kier molecular flexibility index (Phi) is 2.91. The highest BCUT2D eigenvalue weighted by molar-refractivity contribution is 4.44. The maximum Gasteiger partial charge on any atom is 0.0593 e. The standard InChI is InChI=1S/C4H11NO2/c1-3-4(2)5(6)7/h4,6-7H,3H2,1-2H3. The van der Waals surface area contributed by atoms with Gasteiger partial charge in [-0.25, -0.2) is 0 Å². The van der Waals surface area contributed by atoms with E-state index in [-0.39, 0.29) is 11.3 Å². The summed E-state index contributed by atoms with van der Waals surface area (Å²) in [6, 6.07) is -0.153. The minimum absolute atomic E-state index is 0.153. The number of rotatable bonds is 2. The highest BCUT2D eigenvalue weighted by Crippen LogP contribution is 1.93. The molecule has 0 saturated heterocycles. The largest absolute Gasteiger partial charge is 0.289 e. The van der Waals surface area contributed by atoms with Crippen molar-refractivity contribution in [2.45, 2.75) is 26.3 Å². The van der Waals surface area contributed by atoms with Gasteiger partial charge in [0.05, 0.1) is 6.04 Å². The van der Waals surface area contributed by atoms with Crippen LogP contribution in [-0.2, 0) is 0 Å². The van der Waals surface area contributed by atoms with E-state index >= 15 is 0 Å². The molecule has 0 aromatic carbocycles. The third kappa shape index (κ3) is 2.56. The number of hydroxylamine groups is 2. The molecule has 0 fully saturated rings. The van der Waals surface area contributed by atoms with Gasteiger partial charge in [-0.3, -0.25) is 10.4 Å². The molecule has 0 aromatic heterocycles. The van der Waals surface area contributed by atoms with Crippen molar-refractivity contribution in [2.75, 3.05) is 0 Å². The lowest BCUT2D eigenvalue weighted by molar-refractivity contribution is -0.328. The Balaban J connectivity index is 3.14. The Bertz CT molecular complexity index is 47.0. The smallest absolute Gasteiger partial charge is 0.0593 e. The summed E-state index contributed by atoms with van der Waals surface area (Å²) in [7, 11) is 0. The Morgan fingerprint density at radius 2 is 2.00 bits per heavy atom. The van der Waals surface area contributed by atoms with Crippen LogP contribution in [0, 0.1) is 0 Å². The molecule has 0 heterocycles. The molecule has 1 atom stereocenters. The Morgan fingerprint density at radius 3 is 2.00 bits per heavy atom. The van der Waals surface area contributed by atoms with Gasteiger partial charge < -0.3 is 0 Å². The van der Waals surface area contributed by atoms with E-state index in [0.717, 1.165) is 6.42 Å². The molecular formula is C4H11NO2. The summed E-state index contributed by atoms with van der Waals surface area (Å²) >= 11 is 0. The van der Waals surface area contributed by atoms with Gasteiger partial charge in [-0.15, -0.1) is 0 Å². The van der Waals surface area contributed by atoms with Crippen LogP contribution in [0.15, 0.2) is 0 Å². The summed E-state index contributed by atoms with van der Waals surface area (Å²) in [6.07, 6.45) is 0.743. The minimum Gasteiger partial charge on any atom is -0.289 e. The van der Waals surface area contributed by atoms with Crippen LogP contribution in [0.25, 0.3) is 0 Å². The molecule has 3 nitrogen and oxygen atoms in total. The van der Waals surface area contributed by atoms with Crippen LogP contribution in [-0.4, -0.2) is 21.7 Å². The average Bonchev–Trinajstić information content (AvgIpc) is 1.65. The summed E-state index contributed by atoms with van der Waals surface area (Å²) in [6.45, 7) is 3.60. The summed E-state index contributed by atoms with van der Waals surface area (Å²) in [4.78, 5) is 0. The van der Waals surface area contributed by atoms with Gasteiger partial charge in [0.25, 0.3) is 0 Å². The topological polar surface area (TPSA) is 43.7 Å². The molecule has 3 heteroatoms. The third-order valence-electron chi connectivity index (χ3n) is 0.985. The van der Waals surface area contributed by atoms with E-state index in [1.807, 2.05) is 6.92 Å². The summed E-state index contributed by atoms with van der Waals surface area (Å²) in [5, 5.41) is 16.6. The van der Waals surface area contributed by atoms with Crippen molar-refractivity contribution in [3.63, 3.8) is 0 Å². The lowest BCUT2D eigenvalue weighted by Crippen LogP contribution is -2.24. The van der Waals surface area contributed by atoms with E-state index in [1.165, 1.54) is 0 Å². The Labute approximate surface area is 43.1 Å². The number of hydrogen-bond acceptors (Lipinski definition) is 3. The van der Waals surface area contributed by atoms with Crippen molar-refractivity contribution in [1.82, 2.24) is 5.23 Å².